The van der Waals surface area contributed by atoms with Gasteiger partial charge < -0.3 is 5.32 Å². The number of carbonyl (C=O) groups excluding carboxylic acids is 1. The molecular formula is C8H12N2OS. The minimum Gasteiger partial charge on any atom is -0.356 e. The summed E-state index contributed by atoms with van der Waals surface area (Å²) in [5.74, 6) is 0.0169. The molecule has 1 aromatic rings. The van der Waals surface area contributed by atoms with E-state index in [2.05, 4.69) is 10.3 Å². The number of hydrogen-bond acceptors (Lipinski definition) is 3. The van der Waals surface area contributed by atoms with Crippen LogP contribution in [0.4, 0.5) is 0 Å². The van der Waals surface area contributed by atoms with Gasteiger partial charge in [0.15, 0.2) is 0 Å². The minimum atomic E-state index is 0.0169. The SMILES string of the molecule is CC(=O)NCCc1nc(C)cs1. The van der Waals surface area contributed by atoms with Gasteiger partial charge >= 0.3 is 0 Å². The van der Waals surface area contributed by atoms with Crippen molar-refractivity contribution in [3.05, 3.63) is 16.1 Å². The Morgan fingerprint density at radius 2 is 2.50 bits per heavy atom. The predicted molar refractivity (Wildman–Crippen MR) is 49.2 cm³/mol. The molecule has 0 aliphatic heterocycles. The molecule has 0 spiro atoms. The number of thiazole rings is 1. The number of aryl methyl sites for hydroxylation is 1. The Kier molecular flexibility index (Phi) is 3.22. The van der Waals surface area contributed by atoms with Crippen molar-refractivity contribution < 1.29 is 4.79 Å². The molecular weight excluding hydrogens is 172 g/mol. The number of nitrogens with one attached hydrogen (secondary N) is 1. The van der Waals surface area contributed by atoms with Crippen molar-refractivity contribution in [2.45, 2.75) is 20.3 Å². The second kappa shape index (κ2) is 4.21. The molecule has 0 bridgehead atoms. The van der Waals surface area contributed by atoms with Crippen molar-refractivity contribution in [2.75, 3.05) is 6.54 Å². The molecule has 3 nitrogen and oxygen atoms in total. The van der Waals surface area contributed by atoms with E-state index in [-0.39, 0.29) is 5.91 Å². The molecule has 0 unspecified atom stereocenters. The Balaban J connectivity index is 2.29. The predicted octanol–water partition coefficient (Wildman–Crippen LogP) is 1.13. The average Bonchev–Trinajstić information content (AvgIpc) is 2.35. The third-order valence-electron chi connectivity index (χ3n) is 1.38. The summed E-state index contributed by atoms with van der Waals surface area (Å²) in [6.45, 7) is 4.17. The first-order valence-electron chi connectivity index (χ1n) is 3.84. The number of rotatable bonds is 3. The van der Waals surface area contributed by atoms with Crippen molar-refractivity contribution in [1.82, 2.24) is 10.3 Å². The summed E-state index contributed by atoms with van der Waals surface area (Å²) in [5.41, 5.74) is 1.05. The number of amides is 1. The second-order valence-corrected chi connectivity index (χ2v) is 3.56. The zero-order chi connectivity index (χ0) is 8.97. The fourth-order valence-corrected chi connectivity index (χ4v) is 1.64. The van der Waals surface area contributed by atoms with E-state index in [1.54, 1.807) is 11.3 Å². The highest BCUT2D eigenvalue weighted by Crippen LogP contribution is 2.08. The van der Waals surface area contributed by atoms with Crippen molar-refractivity contribution in [3.63, 3.8) is 0 Å². The van der Waals surface area contributed by atoms with Gasteiger partial charge in [0, 0.05) is 31.0 Å². The number of carbonyl (C=O) groups is 1. The Morgan fingerprint density at radius 3 is 3.00 bits per heavy atom. The van der Waals surface area contributed by atoms with E-state index in [0.717, 1.165) is 17.1 Å². The number of hydrogen-bond donors (Lipinski definition) is 1. The van der Waals surface area contributed by atoms with Crippen LogP contribution in [0.3, 0.4) is 0 Å². The van der Waals surface area contributed by atoms with E-state index < -0.39 is 0 Å². The summed E-state index contributed by atoms with van der Waals surface area (Å²) in [6.07, 6.45) is 0.831. The molecule has 0 aromatic carbocycles. The van der Waals surface area contributed by atoms with Crippen LogP contribution in [0.25, 0.3) is 0 Å². The maximum atomic E-state index is 10.5. The van der Waals surface area contributed by atoms with E-state index >= 15 is 0 Å². The highest BCUT2D eigenvalue weighted by Gasteiger charge is 1.98. The summed E-state index contributed by atoms with van der Waals surface area (Å²) in [5, 5.41) is 5.83. The van der Waals surface area contributed by atoms with Crippen LogP contribution in [-0.2, 0) is 11.2 Å². The third-order valence-corrected chi connectivity index (χ3v) is 2.41. The maximum absolute atomic E-state index is 10.5. The molecule has 1 heterocycles. The molecule has 66 valence electrons. The van der Waals surface area contributed by atoms with Crippen LogP contribution in [0.15, 0.2) is 5.38 Å². The highest BCUT2D eigenvalue weighted by atomic mass is 32.1. The fraction of sp³-hybridized carbons (Fsp3) is 0.500. The quantitative estimate of drug-likeness (QED) is 0.765. The lowest BCUT2D eigenvalue weighted by Gasteiger charge is -1.97. The molecule has 0 aliphatic rings. The smallest absolute Gasteiger partial charge is 0.216 e. The first kappa shape index (κ1) is 9.19. The van der Waals surface area contributed by atoms with Crippen LogP contribution in [0, 0.1) is 6.92 Å². The number of aromatic nitrogens is 1. The van der Waals surface area contributed by atoms with E-state index in [4.69, 9.17) is 0 Å². The third kappa shape index (κ3) is 3.00. The Bertz CT molecular complexity index is 270. The van der Waals surface area contributed by atoms with Crippen molar-refractivity contribution >= 4 is 17.2 Å². The van der Waals surface area contributed by atoms with Crippen molar-refractivity contribution in [2.24, 2.45) is 0 Å². The molecule has 0 atom stereocenters. The topological polar surface area (TPSA) is 42.0 Å². The average molecular weight is 184 g/mol. The summed E-state index contributed by atoms with van der Waals surface area (Å²) in [6, 6.07) is 0. The van der Waals surface area contributed by atoms with Gasteiger partial charge in [-0.1, -0.05) is 0 Å². The van der Waals surface area contributed by atoms with Gasteiger partial charge in [-0.2, -0.15) is 0 Å². The Labute approximate surface area is 75.8 Å². The molecule has 0 radical (unpaired) electrons. The molecule has 1 rings (SSSR count). The van der Waals surface area contributed by atoms with Crippen molar-refractivity contribution in [1.29, 1.82) is 0 Å². The minimum absolute atomic E-state index is 0.0169. The van der Waals surface area contributed by atoms with Crippen LogP contribution >= 0.6 is 11.3 Å². The molecule has 1 N–H and O–H groups in total. The molecule has 0 saturated heterocycles. The summed E-state index contributed by atoms with van der Waals surface area (Å²) >= 11 is 1.64. The number of nitrogens with zero attached hydrogens (tertiary/aromatic N) is 1. The largest absolute Gasteiger partial charge is 0.356 e. The van der Waals surface area contributed by atoms with Gasteiger partial charge in [-0.3, -0.25) is 4.79 Å². The van der Waals surface area contributed by atoms with Gasteiger partial charge in [0.1, 0.15) is 0 Å². The zero-order valence-electron chi connectivity index (χ0n) is 7.26. The Morgan fingerprint density at radius 1 is 1.75 bits per heavy atom. The highest BCUT2D eigenvalue weighted by molar-refractivity contribution is 7.09. The first-order valence-corrected chi connectivity index (χ1v) is 4.72. The van der Waals surface area contributed by atoms with Gasteiger partial charge in [0.2, 0.25) is 5.91 Å². The second-order valence-electron chi connectivity index (χ2n) is 2.62. The lowest BCUT2D eigenvalue weighted by molar-refractivity contribution is -0.118. The molecule has 1 aromatic heterocycles. The fourth-order valence-electron chi connectivity index (χ4n) is 0.863. The summed E-state index contributed by atoms with van der Waals surface area (Å²) < 4.78 is 0. The van der Waals surface area contributed by atoms with Crippen LogP contribution in [0.1, 0.15) is 17.6 Å². The monoisotopic (exact) mass is 184 g/mol. The van der Waals surface area contributed by atoms with E-state index in [9.17, 15) is 4.79 Å². The Hall–Kier alpha value is -0.900. The molecule has 0 aliphatic carbocycles. The maximum Gasteiger partial charge on any atom is 0.216 e. The van der Waals surface area contributed by atoms with Gasteiger partial charge in [-0.25, -0.2) is 4.98 Å². The molecule has 0 fully saturated rings. The van der Waals surface area contributed by atoms with Crippen LogP contribution in [-0.4, -0.2) is 17.4 Å². The lowest BCUT2D eigenvalue weighted by Crippen LogP contribution is -2.22. The van der Waals surface area contributed by atoms with Crippen LogP contribution in [0.2, 0.25) is 0 Å². The van der Waals surface area contributed by atoms with E-state index in [1.165, 1.54) is 6.92 Å². The first-order chi connectivity index (χ1) is 5.68. The van der Waals surface area contributed by atoms with E-state index in [0.29, 0.717) is 6.54 Å². The zero-order valence-corrected chi connectivity index (χ0v) is 8.07. The molecule has 4 heteroatoms. The van der Waals surface area contributed by atoms with Gasteiger partial charge in [0.05, 0.1) is 5.01 Å². The molecule has 12 heavy (non-hydrogen) atoms. The van der Waals surface area contributed by atoms with Crippen LogP contribution < -0.4 is 5.32 Å². The van der Waals surface area contributed by atoms with Crippen LogP contribution in [0.5, 0.6) is 0 Å². The van der Waals surface area contributed by atoms with Gasteiger partial charge in [-0.05, 0) is 6.92 Å². The van der Waals surface area contributed by atoms with Gasteiger partial charge in [-0.15, -0.1) is 11.3 Å². The summed E-state index contributed by atoms with van der Waals surface area (Å²) in [7, 11) is 0. The molecule has 0 saturated carbocycles. The lowest BCUT2D eigenvalue weighted by atomic mass is 10.4. The van der Waals surface area contributed by atoms with E-state index in [1.807, 2.05) is 12.3 Å². The normalized spacial score (nSPS) is 9.83. The van der Waals surface area contributed by atoms with Gasteiger partial charge in [0.25, 0.3) is 0 Å². The molecule has 1 amide bonds. The standard InChI is InChI=1S/C8H12N2OS/c1-6-5-12-8(10-6)3-4-9-7(2)11/h5H,3-4H2,1-2H3,(H,9,11). The van der Waals surface area contributed by atoms with Crippen molar-refractivity contribution in [3.8, 4) is 0 Å². The summed E-state index contributed by atoms with van der Waals surface area (Å²) in [4.78, 5) is 14.8.